The Morgan fingerprint density at radius 2 is 1.47 bits per heavy atom. The number of nitro benzene ring substituents is 1. The Hall–Kier alpha value is -3.58. The molecular weight excluding hydrogens is 404 g/mol. The molecule has 1 aromatic rings. The number of carbonyl (C=O) groups excluding carboxylic acids is 2. The van der Waals surface area contributed by atoms with Crippen LogP contribution in [0.2, 0.25) is 0 Å². The van der Waals surface area contributed by atoms with Crippen molar-refractivity contribution in [3.63, 3.8) is 0 Å². The van der Waals surface area contributed by atoms with Gasteiger partial charge in [-0.05, 0) is 25.2 Å². The largest absolute Gasteiger partial charge is 0.473 e. The molecule has 1 aromatic carbocycles. The van der Waals surface area contributed by atoms with Crippen LogP contribution < -0.4 is 5.73 Å². The van der Waals surface area contributed by atoms with Gasteiger partial charge in [0.25, 0.3) is 11.6 Å². The highest BCUT2D eigenvalue weighted by Crippen LogP contribution is 2.13. The number of benzene rings is 1. The molecule has 0 saturated carbocycles. The maximum atomic E-state index is 12.5. The van der Waals surface area contributed by atoms with Crippen molar-refractivity contribution in [2.45, 2.75) is 13.8 Å². The number of primary amides is 1. The summed E-state index contributed by atoms with van der Waals surface area (Å²) in [5.41, 5.74) is 5.41. The molecule has 0 aliphatic rings. The zero-order valence-electron chi connectivity index (χ0n) is 16.6. The van der Waals surface area contributed by atoms with Crippen molar-refractivity contribution in [1.82, 2.24) is 9.80 Å². The molecule has 1 rings (SSSR count). The minimum atomic E-state index is -1.82. The summed E-state index contributed by atoms with van der Waals surface area (Å²) in [6.07, 6.45) is 0. The number of nitro groups is 1. The molecule has 0 atom stereocenters. The second kappa shape index (κ2) is 14.4. The molecule has 0 saturated heterocycles. The third-order valence-corrected chi connectivity index (χ3v) is 3.72. The number of hydrogen-bond donors (Lipinski definition) is 3. The number of nitrogens with zero attached hydrogens (tertiary/aromatic N) is 3. The average Bonchev–Trinajstić information content (AvgIpc) is 2.67. The highest BCUT2D eigenvalue weighted by atomic mass is 16.6. The predicted octanol–water partition coefficient (Wildman–Crippen LogP) is -0.805. The Morgan fingerprint density at radius 1 is 1.00 bits per heavy atom. The van der Waals surface area contributed by atoms with E-state index in [0.717, 1.165) is 13.1 Å². The van der Waals surface area contributed by atoms with Gasteiger partial charge in [0.15, 0.2) is 0 Å². The monoisotopic (exact) mass is 430 g/mol. The van der Waals surface area contributed by atoms with E-state index in [1.54, 1.807) is 0 Å². The number of hydrogen-bond acceptors (Lipinski definition) is 7. The first kappa shape index (κ1) is 28.6. The molecular formula is C17H26N4O9. The third kappa shape index (κ3) is 10.7. The van der Waals surface area contributed by atoms with Crippen LogP contribution in [-0.2, 0) is 14.4 Å². The quantitative estimate of drug-likeness (QED) is 0.253. The molecule has 6 N–H and O–H groups in total. The number of rotatable bonds is 9. The lowest BCUT2D eigenvalue weighted by Crippen LogP contribution is -2.43. The van der Waals surface area contributed by atoms with E-state index in [4.69, 9.17) is 25.5 Å². The standard InChI is InChI=1S/C15H22N4O4.C2H2O4.H2O/c1-3-17(4-2)9-10-18(11-14(16)20)15(21)12-5-7-13(8-6-12)19(22)23;3-1(4)2(5)6;/h5-8H,3-4,9-11H2,1-2H3,(H2,16,20);(H,3,4)(H,5,6);1H2. The summed E-state index contributed by atoms with van der Waals surface area (Å²) in [6.45, 7) is 6.51. The maximum absolute atomic E-state index is 12.5. The summed E-state index contributed by atoms with van der Waals surface area (Å²) in [5.74, 6) is -4.62. The molecule has 0 bridgehead atoms. The van der Waals surface area contributed by atoms with Gasteiger partial charge in [-0.2, -0.15) is 0 Å². The second-order valence-corrected chi connectivity index (χ2v) is 5.63. The number of aliphatic carboxylic acids is 2. The summed E-state index contributed by atoms with van der Waals surface area (Å²) in [7, 11) is 0. The Kier molecular flexibility index (Phi) is 13.8. The van der Waals surface area contributed by atoms with Crippen molar-refractivity contribution in [1.29, 1.82) is 0 Å². The Balaban J connectivity index is 0. The SMILES string of the molecule is CCN(CC)CCN(CC(N)=O)C(=O)c1ccc([N+](=O)[O-])cc1.O.O=C(O)C(=O)O. The van der Waals surface area contributed by atoms with Crippen LogP contribution in [0.5, 0.6) is 0 Å². The first-order valence-corrected chi connectivity index (χ1v) is 8.54. The minimum Gasteiger partial charge on any atom is -0.473 e. The van der Waals surface area contributed by atoms with Gasteiger partial charge < -0.3 is 31.2 Å². The van der Waals surface area contributed by atoms with Crippen LogP contribution in [0, 0.1) is 10.1 Å². The summed E-state index contributed by atoms with van der Waals surface area (Å²) < 4.78 is 0. The highest BCUT2D eigenvalue weighted by Gasteiger charge is 2.19. The van der Waals surface area contributed by atoms with Crippen LogP contribution in [0.25, 0.3) is 0 Å². The van der Waals surface area contributed by atoms with Gasteiger partial charge in [-0.1, -0.05) is 13.8 Å². The van der Waals surface area contributed by atoms with E-state index >= 15 is 0 Å². The fourth-order valence-electron chi connectivity index (χ4n) is 2.15. The van der Waals surface area contributed by atoms with Gasteiger partial charge in [-0.25, -0.2) is 9.59 Å². The lowest BCUT2D eigenvalue weighted by atomic mass is 10.1. The Bertz CT molecular complexity index is 721. The van der Waals surface area contributed by atoms with Gasteiger partial charge in [0.2, 0.25) is 5.91 Å². The lowest BCUT2D eigenvalue weighted by Gasteiger charge is -2.25. The highest BCUT2D eigenvalue weighted by molar-refractivity contribution is 6.27. The van der Waals surface area contributed by atoms with Crippen LogP contribution in [0.1, 0.15) is 24.2 Å². The first-order valence-electron chi connectivity index (χ1n) is 8.54. The summed E-state index contributed by atoms with van der Waals surface area (Å²) in [6, 6.07) is 5.29. The topological polar surface area (TPSA) is 216 Å². The van der Waals surface area contributed by atoms with Gasteiger partial charge in [0, 0.05) is 30.8 Å². The van der Waals surface area contributed by atoms with Gasteiger partial charge in [-0.3, -0.25) is 19.7 Å². The Morgan fingerprint density at radius 3 is 1.80 bits per heavy atom. The second-order valence-electron chi connectivity index (χ2n) is 5.63. The van der Waals surface area contributed by atoms with Crippen molar-refractivity contribution in [3.8, 4) is 0 Å². The van der Waals surface area contributed by atoms with E-state index in [2.05, 4.69) is 4.90 Å². The zero-order valence-corrected chi connectivity index (χ0v) is 16.6. The Labute approximate surface area is 172 Å². The predicted molar refractivity (Wildman–Crippen MR) is 105 cm³/mol. The summed E-state index contributed by atoms with van der Waals surface area (Å²) in [5, 5.41) is 25.4. The van der Waals surface area contributed by atoms with Gasteiger partial charge in [0.05, 0.1) is 11.5 Å². The maximum Gasteiger partial charge on any atom is 0.414 e. The minimum absolute atomic E-state index is 0. The number of amides is 2. The molecule has 0 heterocycles. The molecule has 0 fully saturated rings. The van der Waals surface area contributed by atoms with Crippen LogP contribution in [-0.4, -0.2) is 86.9 Å². The van der Waals surface area contributed by atoms with Crippen LogP contribution in [0.4, 0.5) is 5.69 Å². The van der Waals surface area contributed by atoms with Crippen molar-refractivity contribution in [2.24, 2.45) is 5.73 Å². The molecule has 0 aliphatic carbocycles. The average molecular weight is 430 g/mol. The van der Waals surface area contributed by atoms with Crippen LogP contribution in [0.15, 0.2) is 24.3 Å². The molecule has 13 nitrogen and oxygen atoms in total. The molecule has 0 aromatic heterocycles. The molecule has 2 amide bonds. The van der Waals surface area contributed by atoms with Crippen LogP contribution >= 0.6 is 0 Å². The molecule has 0 spiro atoms. The number of nitrogens with two attached hydrogens (primary N) is 1. The van der Waals surface area contributed by atoms with Crippen LogP contribution in [0.3, 0.4) is 0 Å². The smallest absolute Gasteiger partial charge is 0.414 e. The van der Waals surface area contributed by atoms with E-state index in [-0.39, 0.29) is 29.2 Å². The summed E-state index contributed by atoms with van der Waals surface area (Å²) >= 11 is 0. The van der Waals surface area contributed by atoms with Crippen molar-refractivity contribution in [2.75, 3.05) is 32.7 Å². The molecule has 30 heavy (non-hydrogen) atoms. The molecule has 0 aliphatic heterocycles. The van der Waals surface area contributed by atoms with E-state index < -0.39 is 22.8 Å². The molecule has 0 unspecified atom stereocenters. The van der Waals surface area contributed by atoms with Gasteiger partial charge >= 0.3 is 11.9 Å². The zero-order chi connectivity index (χ0) is 22.6. The third-order valence-electron chi connectivity index (χ3n) is 3.72. The normalized spacial score (nSPS) is 9.57. The molecule has 13 heteroatoms. The molecule has 168 valence electrons. The van der Waals surface area contributed by atoms with E-state index in [0.29, 0.717) is 13.1 Å². The fourth-order valence-corrected chi connectivity index (χ4v) is 2.15. The van der Waals surface area contributed by atoms with Crippen molar-refractivity contribution >= 4 is 29.4 Å². The number of carbonyl (C=O) groups is 4. The van der Waals surface area contributed by atoms with E-state index in [9.17, 15) is 19.7 Å². The number of non-ortho nitro benzene ring substituents is 1. The lowest BCUT2D eigenvalue weighted by molar-refractivity contribution is -0.384. The van der Waals surface area contributed by atoms with Crippen molar-refractivity contribution in [3.05, 3.63) is 39.9 Å². The first-order chi connectivity index (χ1) is 13.5. The van der Waals surface area contributed by atoms with E-state index in [1.165, 1.54) is 29.2 Å². The fraction of sp³-hybridized carbons (Fsp3) is 0.412. The van der Waals surface area contributed by atoms with Gasteiger partial charge in [0.1, 0.15) is 0 Å². The number of likely N-dealkylation sites (N-methyl/N-ethyl adjacent to an activating group) is 1. The summed E-state index contributed by atoms with van der Waals surface area (Å²) in [4.78, 5) is 55.5. The number of carboxylic acid groups (broad SMARTS) is 2. The van der Waals surface area contributed by atoms with Gasteiger partial charge in [-0.15, -0.1) is 0 Å². The van der Waals surface area contributed by atoms with Crippen molar-refractivity contribution < 1.29 is 39.8 Å². The molecule has 0 radical (unpaired) electrons. The number of carboxylic acids is 2. The van der Waals surface area contributed by atoms with E-state index in [1.807, 2.05) is 13.8 Å².